The third kappa shape index (κ3) is 5.97. The number of hydrogen-bond donors (Lipinski definition) is 1. The largest absolute Gasteiger partial charge is 0.465 e. The predicted octanol–water partition coefficient (Wildman–Crippen LogP) is 0.0883. The van der Waals surface area contributed by atoms with Crippen molar-refractivity contribution in [2.24, 2.45) is 5.73 Å². The molecule has 2 N–H and O–H groups in total. The van der Waals surface area contributed by atoms with Crippen molar-refractivity contribution >= 4 is 23.6 Å². The van der Waals surface area contributed by atoms with Crippen LogP contribution < -0.4 is 5.73 Å². The first-order chi connectivity index (χ1) is 7.52. The highest BCUT2D eigenvalue weighted by Crippen LogP contribution is 2.01. The molecule has 6 heteroatoms. The quantitative estimate of drug-likeness (QED) is 0.646. The summed E-state index contributed by atoms with van der Waals surface area (Å²) in [6, 6.07) is -0.535. The summed E-state index contributed by atoms with van der Waals surface area (Å²) in [6.45, 7) is 2.00. The molecule has 94 valence electrons. The van der Waals surface area contributed by atoms with Gasteiger partial charge < -0.3 is 15.4 Å². The number of rotatable bonds is 7. The van der Waals surface area contributed by atoms with Crippen molar-refractivity contribution in [3.05, 3.63) is 0 Å². The van der Waals surface area contributed by atoms with Gasteiger partial charge in [0.25, 0.3) is 0 Å². The van der Waals surface area contributed by atoms with Gasteiger partial charge in [-0.2, -0.15) is 11.8 Å². The Morgan fingerprint density at radius 3 is 2.62 bits per heavy atom. The Labute approximate surface area is 101 Å². The van der Waals surface area contributed by atoms with Gasteiger partial charge in [0, 0.05) is 7.05 Å². The van der Waals surface area contributed by atoms with E-state index in [2.05, 4.69) is 0 Å². The molecule has 0 aliphatic carbocycles. The van der Waals surface area contributed by atoms with Gasteiger partial charge in [-0.05, 0) is 25.4 Å². The zero-order valence-electron chi connectivity index (χ0n) is 10.1. The topological polar surface area (TPSA) is 72.6 Å². The molecule has 0 rings (SSSR count). The number of likely N-dealkylation sites (N-methyl/N-ethyl adjacent to an activating group) is 1. The Balaban J connectivity index is 4.01. The third-order valence-electron chi connectivity index (χ3n) is 2.00. The Morgan fingerprint density at radius 1 is 1.50 bits per heavy atom. The standard InChI is InChI=1S/C10H20N2O3S/c1-4-15-9(13)7-12(2)10(14)8(11)5-6-16-3/h8H,4-7,11H2,1-3H3. The summed E-state index contributed by atoms with van der Waals surface area (Å²) in [6.07, 6.45) is 2.58. The van der Waals surface area contributed by atoms with Gasteiger partial charge in [0.05, 0.1) is 12.6 Å². The lowest BCUT2D eigenvalue weighted by Gasteiger charge is -2.20. The maximum Gasteiger partial charge on any atom is 0.325 e. The van der Waals surface area contributed by atoms with Gasteiger partial charge in [-0.15, -0.1) is 0 Å². The normalized spacial score (nSPS) is 12.0. The number of carbonyl (C=O) groups excluding carboxylic acids is 2. The summed E-state index contributed by atoms with van der Waals surface area (Å²) in [4.78, 5) is 24.1. The van der Waals surface area contributed by atoms with Gasteiger partial charge in [0.2, 0.25) is 5.91 Å². The molecule has 5 nitrogen and oxygen atoms in total. The molecule has 0 aliphatic rings. The van der Waals surface area contributed by atoms with Crippen molar-refractivity contribution in [1.82, 2.24) is 4.90 Å². The van der Waals surface area contributed by atoms with Gasteiger partial charge in [0.1, 0.15) is 6.54 Å². The lowest BCUT2D eigenvalue weighted by atomic mass is 10.2. The van der Waals surface area contributed by atoms with Crippen LogP contribution in [0, 0.1) is 0 Å². The van der Waals surface area contributed by atoms with E-state index in [0.29, 0.717) is 13.0 Å². The van der Waals surface area contributed by atoms with E-state index in [4.69, 9.17) is 10.5 Å². The number of carbonyl (C=O) groups is 2. The smallest absolute Gasteiger partial charge is 0.325 e. The van der Waals surface area contributed by atoms with Crippen LogP contribution in [0.15, 0.2) is 0 Å². The zero-order chi connectivity index (χ0) is 12.6. The Kier molecular flexibility index (Phi) is 8.01. The molecule has 0 spiro atoms. The number of ether oxygens (including phenoxy) is 1. The maximum absolute atomic E-state index is 11.7. The number of thioether (sulfide) groups is 1. The number of esters is 1. The molecule has 0 aromatic carbocycles. The first-order valence-corrected chi connectivity index (χ1v) is 6.57. The lowest BCUT2D eigenvalue weighted by molar-refractivity contribution is -0.148. The minimum atomic E-state index is -0.535. The molecule has 1 amide bonds. The summed E-state index contributed by atoms with van der Waals surface area (Å²) >= 11 is 1.64. The van der Waals surface area contributed by atoms with E-state index in [1.807, 2.05) is 6.26 Å². The first-order valence-electron chi connectivity index (χ1n) is 5.18. The van der Waals surface area contributed by atoms with Crippen molar-refractivity contribution in [3.8, 4) is 0 Å². The molecule has 0 aromatic rings. The fraction of sp³-hybridized carbons (Fsp3) is 0.800. The molecule has 16 heavy (non-hydrogen) atoms. The van der Waals surface area contributed by atoms with E-state index in [1.54, 1.807) is 25.7 Å². The zero-order valence-corrected chi connectivity index (χ0v) is 10.9. The van der Waals surface area contributed by atoms with E-state index >= 15 is 0 Å². The fourth-order valence-corrected chi connectivity index (χ4v) is 1.62. The molecular formula is C10H20N2O3S. The van der Waals surface area contributed by atoms with Crippen LogP contribution in [0.2, 0.25) is 0 Å². The van der Waals surface area contributed by atoms with Crippen LogP contribution >= 0.6 is 11.8 Å². The second kappa shape index (κ2) is 8.41. The van der Waals surface area contributed by atoms with Crippen LogP contribution in [-0.4, -0.2) is 55.0 Å². The Bertz CT molecular complexity index is 236. The monoisotopic (exact) mass is 248 g/mol. The molecule has 1 atom stereocenters. The molecule has 0 aliphatic heterocycles. The Morgan fingerprint density at radius 2 is 2.12 bits per heavy atom. The fourth-order valence-electron chi connectivity index (χ4n) is 1.13. The highest BCUT2D eigenvalue weighted by molar-refractivity contribution is 7.98. The number of amides is 1. The third-order valence-corrected chi connectivity index (χ3v) is 2.64. The lowest BCUT2D eigenvalue weighted by Crippen LogP contribution is -2.44. The van der Waals surface area contributed by atoms with Crippen molar-refractivity contribution in [2.75, 3.05) is 32.2 Å². The second-order valence-electron chi connectivity index (χ2n) is 3.39. The molecule has 0 heterocycles. The molecule has 1 unspecified atom stereocenters. The van der Waals surface area contributed by atoms with Gasteiger partial charge in [-0.1, -0.05) is 0 Å². The number of nitrogens with zero attached hydrogens (tertiary/aromatic N) is 1. The number of hydrogen-bond acceptors (Lipinski definition) is 5. The van der Waals surface area contributed by atoms with Crippen LogP contribution in [0.5, 0.6) is 0 Å². The Hall–Kier alpha value is -0.750. The summed E-state index contributed by atoms with van der Waals surface area (Å²) in [5.74, 6) is 0.206. The van der Waals surface area contributed by atoms with Crippen LogP contribution in [-0.2, 0) is 14.3 Å². The van der Waals surface area contributed by atoms with Crippen LogP contribution in [0.3, 0.4) is 0 Å². The van der Waals surface area contributed by atoms with Gasteiger partial charge in [-0.25, -0.2) is 0 Å². The van der Waals surface area contributed by atoms with Crippen LogP contribution in [0.25, 0.3) is 0 Å². The van der Waals surface area contributed by atoms with E-state index in [0.717, 1.165) is 5.75 Å². The summed E-state index contributed by atoms with van der Waals surface area (Å²) in [5, 5.41) is 0. The molecule has 0 saturated heterocycles. The minimum Gasteiger partial charge on any atom is -0.465 e. The average Bonchev–Trinajstić information content (AvgIpc) is 2.24. The molecule has 0 fully saturated rings. The summed E-state index contributed by atoms with van der Waals surface area (Å²) in [7, 11) is 1.55. The van der Waals surface area contributed by atoms with E-state index in [1.165, 1.54) is 4.90 Å². The van der Waals surface area contributed by atoms with Crippen LogP contribution in [0.4, 0.5) is 0 Å². The highest BCUT2D eigenvalue weighted by Gasteiger charge is 2.19. The van der Waals surface area contributed by atoms with Gasteiger partial charge in [0.15, 0.2) is 0 Å². The second-order valence-corrected chi connectivity index (χ2v) is 4.37. The average molecular weight is 248 g/mol. The molecule has 0 bridgehead atoms. The van der Waals surface area contributed by atoms with Crippen molar-refractivity contribution in [1.29, 1.82) is 0 Å². The van der Waals surface area contributed by atoms with E-state index in [-0.39, 0.29) is 12.5 Å². The van der Waals surface area contributed by atoms with E-state index in [9.17, 15) is 9.59 Å². The van der Waals surface area contributed by atoms with Crippen molar-refractivity contribution in [2.45, 2.75) is 19.4 Å². The van der Waals surface area contributed by atoms with Crippen molar-refractivity contribution in [3.63, 3.8) is 0 Å². The minimum absolute atomic E-state index is 0.0420. The molecule has 0 radical (unpaired) electrons. The molecule has 0 aromatic heterocycles. The SMILES string of the molecule is CCOC(=O)CN(C)C(=O)C(N)CCSC. The first kappa shape index (κ1) is 15.2. The highest BCUT2D eigenvalue weighted by atomic mass is 32.2. The van der Waals surface area contributed by atoms with Crippen molar-refractivity contribution < 1.29 is 14.3 Å². The molecular weight excluding hydrogens is 228 g/mol. The maximum atomic E-state index is 11.7. The van der Waals surface area contributed by atoms with Gasteiger partial charge >= 0.3 is 5.97 Å². The summed E-state index contributed by atoms with van der Waals surface area (Å²) in [5.41, 5.74) is 5.70. The van der Waals surface area contributed by atoms with Gasteiger partial charge in [-0.3, -0.25) is 9.59 Å². The van der Waals surface area contributed by atoms with E-state index < -0.39 is 12.0 Å². The predicted molar refractivity (Wildman–Crippen MR) is 65.2 cm³/mol. The summed E-state index contributed by atoms with van der Waals surface area (Å²) < 4.78 is 4.75. The van der Waals surface area contributed by atoms with Crippen LogP contribution in [0.1, 0.15) is 13.3 Å². The number of nitrogens with two attached hydrogens (primary N) is 1. The molecule has 0 saturated carbocycles.